The molecule has 2 aliphatic rings. The second kappa shape index (κ2) is 12.4. The van der Waals surface area contributed by atoms with Crippen molar-refractivity contribution in [3.05, 3.63) is 47.8 Å². The van der Waals surface area contributed by atoms with Crippen LogP contribution in [0, 0.1) is 5.82 Å². The standard InChI is InChI=1S/C31H40F4N8O/c1-7-26-39-29(31(33,34)35)28(36)30(40-26)38-24-10-22(23(32)11-25(24)42-13-17(2)41(6)18(3)14-42)21-8-9-27(37-12-21)43-15-19(4)44-20(5)16-43/h8-12,17-20H,7,13-16,36H2,1-6H3,(H,38,39,40)/t17-,18+,19-,20+. The lowest BCUT2D eigenvalue weighted by molar-refractivity contribution is -0.140. The molecule has 13 heteroatoms. The van der Waals surface area contributed by atoms with Crippen molar-refractivity contribution < 1.29 is 22.3 Å². The number of benzene rings is 1. The first-order valence-electron chi connectivity index (χ1n) is 14.9. The van der Waals surface area contributed by atoms with Gasteiger partial charge in [-0.05, 0) is 59.0 Å². The van der Waals surface area contributed by atoms with E-state index < -0.39 is 23.4 Å². The first-order valence-corrected chi connectivity index (χ1v) is 14.9. The molecule has 4 heterocycles. The SMILES string of the molecule is CCc1nc(Nc2cc(-c3ccc(N4C[C@@H](C)O[C@@H](C)C4)nc3)c(F)cc2N2C[C@@H](C)N(C)[C@@H](C)C2)c(N)c(C(F)(F)F)n1. The number of hydrogen-bond donors (Lipinski definition) is 2. The number of hydrogen-bond acceptors (Lipinski definition) is 9. The minimum absolute atomic E-state index is 0.00806. The minimum atomic E-state index is -4.77. The molecule has 9 nitrogen and oxygen atoms in total. The number of piperazine rings is 1. The highest BCUT2D eigenvalue weighted by atomic mass is 19.4. The molecule has 238 valence electrons. The lowest BCUT2D eigenvalue weighted by Crippen LogP contribution is -2.55. The number of ether oxygens (including phenoxy) is 1. The summed E-state index contributed by atoms with van der Waals surface area (Å²) in [4.78, 5) is 19.0. The molecule has 1 aromatic carbocycles. The Hall–Kier alpha value is -3.71. The molecular formula is C31H40F4N8O. The Morgan fingerprint density at radius 2 is 1.64 bits per heavy atom. The molecule has 0 spiro atoms. The Bertz CT molecular complexity index is 1460. The summed E-state index contributed by atoms with van der Waals surface area (Å²) in [6, 6.07) is 6.97. The normalized spacial score (nSPS) is 23.2. The number of nitrogens with two attached hydrogens (primary N) is 1. The van der Waals surface area contributed by atoms with E-state index in [2.05, 4.69) is 43.9 Å². The fourth-order valence-electron chi connectivity index (χ4n) is 5.96. The monoisotopic (exact) mass is 616 g/mol. The summed E-state index contributed by atoms with van der Waals surface area (Å²) in [5, 5.41) is 3.04. The molecule has 2 aliphatic heterocycles. The van der Waals surface area contributed by atoms with Crippen LogP contribution in [0.5, 0.6) is 0 Å². The van der Waals surface area contributed by atoms with Crippen LogP contribution >= 0.6 is 0 Å². The van der Waals surface area contributed by atoms with Crippen molar-refractivity contribution in [2.75, 3.05) is 54.1 Å². The smallest absolute Gasteiger partial charge is 0.394 e. The van der Waals surface area contributed by atoms with Gasteiger partial charge in [-0.1, -0.05) is 6.92 Å². The second-order valence-electron chi connectivity index (χ2n) is 11.9. The Morgan fingerprint density at radius 1 is 0.977 bits per heavy atom. The van der Waals surface area contributed by atoms with Crippen molar-refractivity contribution in [2.24, 2.45) is 0 Å². The first kappa shape index (κ1) is 31.7. The molecule has 0 aliphatic carbocycles. The fourth-order valence-corrected chi connectivity index (χ4v) is 5.96. The number of nitrogens with zero attached hydrogens (tertiary/aromatic N) is 6. The quantitative estimate of drug-likeness (QED) is 0.337. The van der Waals surface area contributed by atoms with E-state index in [-0.39, 0.29) is 47.9 Å². The van der Waals surface area contributed by atoms with E-state index in [1.807, 2.05) is 31.9 Å². The Kier molecular flexibility index (Phi) is 8.90. The van der Waals surface area contributed by atoms with E-state index in [1.54, 1.807) is 25.3 Å². The highest BCUT2D eigenvalue weighted by Gasteiger charge is 2.37. The van der Waals surface area contributed by atoms with E-state index in [0.29, 0.717) is 43.1 Å². The molecular weight excluding hydrogens is 576 g/mol. The number of aryl methyl sites for hydroxylation is 1. The van der Waals surface area contributed by atoms with Crippen LogP contribution in [0.15, 0.2) is 30.5 Å². The summed E-state index contributed by atoms with van der Waals surface area (Å²) < 4.78 is 63.3. The highest BCUT2D eigenvalue weighted by molar-refractivity contribution is 5.84. The van der Waals surface area contributed by atoms with E-state index >= 15 is 4.39 Å². The van der Waals surface area contributed by atoms with Crippen molar-refractivity contribution in [1.82, 2.24) is 19.9 Å². The van der Waals surface area contributed by atoms with Gasteiger partial charge in [0.15, 0.2) is 11.5 Å². The van der Waals surface area contributed by atoms with Gasteiger partial charge in [-0.3, -0.25) is 4.90 Å². The van der Waals surface area contributed by atoms with Crippen LogP contribution in [0.2, 0.25) is 0 Å². The van der Waals surface area contributed by atoms with Crippen LogP contribution in [0.3, 0.4) is 0 Å². The van der Waals surface area contributed by atoms with Gasteiger partial charge in [0.25, 0.3) is 0 Å². The third-order valence-electron chi connectivity index (χ3n) is 8.42. The van der Waals surface area contributed by atoms with E-state index in [4.69, 9.17) is 10.5 Å². The molecule has 0 unspecified atom stereocenters. The molecule has 2 fully saturated rings. The number of aromatic nitrogens is 3. The van der Waals surface area contributed by atoms with E-state index in [1.165, 1.54) is 6.07 Å². The Morgan fingerprint density at radius 3 is 2.20 bits per heavy atom. The summed E-state index contributed by atoms with van der Waals surface area (Å²) in [7, 11) is 2.04. The van der Waals surface area contributed by atoms with Crippen LogP contribution in [0.25, 0.3) is 11.1 Å². The maximum absolute atomic E-state index is 15.9. The van der Waals surface area contributed by atoms with Gasteiger partial charge in [0.2, 0.25) is 0 Å². The number of likely N-dealkylation sites (N-methyl/N-ethyl adjacent to an activating group) is 1. The lowest BCUT2D eigenvalue weighted by Gasteiger charge is -2.44. The molecule has 0 bridgehead atoms. The van der Waals surface area contributed by atoms with Gasteiger partial charge in [0.05, 0.1) is 23.6 Å². The third-order valence-corrected chi connectivity index (χ3v) is 8.42. The Labute approximate surface area is 255 Å². The predicted octanol–water partition coefficient (Wildman–Crippen LogP) is 5.73. The maximum Gasteiger partial charge on any atom is 0.435 e. The summed E-state index contributed by atoms with van der Waals surface area (Å²) in [5.41, 5.74) is 5.82. The summed E-state index contributed by atoms with van der Waals surface area (Å²) in [6.07, 6.45) is -2.88. The lowest BCUT2D eigenvalue weighted by atomic mass is 10.0. The number of nitrogens with one attached hydrogen (secondary N) is 1. The molecule has 3 N–H and O–H groups in total. The van der Waals surface area contributed by atoms with Crippen molar-refractivity contribution in [3.63, 3.8) is 0 Å². The van der Waals surface area contributed by atoms with Crippen LogP contribution in [-0.4, -0.2) is 77.4 Å². The highest BCUT2D eigenvalue weighted by Crippen LogP contribution is 2.40. The van der Waals surface area contributed by atoms with Gasteiger partial charge < -0.3 is 25.6 Å². The number of nitrogen functional groups attached to an aromatic ring is 1. The second-order valence-corrected chi connectivity index (χ2v) is 11.9. The minimum Gasteiger partial charge on any atom is -0.394 e. The predicted molar refractivity (Wildman–Crippen MR) is 165 cm³/mol. The molecule has 0 radical (unpaired) electrons. The first-order chi connectivity index (χ1) is 20.7. The average molecular weight is 617 g/mol. The number of rotatable bonds is 6. The molecule has 44 heavy (non-hydrogen) atoms. The van der Waals surface area contributed by atoms with Gasteiger partial charge in [-0.15, -0.1) is 0 Å². The molecule has 5 rings (SSSR count). The molecule has 4 atom stereocenters. The molecule has 2 aromatic heterocycles. The molecule has 3 aromatic rings. The van der Waals surface area contributed by atoms with Gasteiger partial charge in [-0.25, -0.2) is 19.3 Å². The Balaban J connectivity index is 1.57. The van der Waals surface area contributed by atoms with Crippen molar-refractivity contribution in [1.29, 1.82) is 0 Å². The third kappa shape index (κ3) is 6.53. The molecule has 2 saturated heterocycles. The average Bonchev–Trinajstić information content (AvgIpc) is 2.96. The van der Waals surface area contributed by atoms with Crippen molar-refractivity contribution in [2.45, 2.75) is 71.5 Å². The van der Waals surface area contributed by atoms with Crippen LogP contribution < -0.4 is 20.9 Å². The topological polar surface area (TPSA) is 95.7 Å². The summed E-state index contributed by atoms with van der Waals surface area (Å²) in [6.45, 7) is 12.4. The summed E-state index contributed by atoms with van der Waals surface area (Å²) >= 11 is 0. The van der Waals surface area contributed by atoms with Gasteiger partial charge in [0, 0.05) is 62.0 Å². The van der Waals surface area contributed by atoms with E-state index in [9.17, 15) is 13.2 Å². The van der Waals surface area contributed by atoms with E-state index in [0.717, 1.165) is 5.82 Å². The van der Waals surface area contributed by atoms with Crippen LogP contribution in [-0.2, 0) is 17.3 Å². The number of anilines is 5. The molecule has 0 amide bonds. The van der Waals surface area contributed by atoms with Crippen molar-refractivity contribution >= 4 is 28.7 Å². The van der Waals surface area contributed by atoms with Gasteiger partial charge in [0.1, 0.15) is 23.1 Å². The summed E-state index contributed by atoms with van der Waals surface area (Å²) in [5.74, 6) is 0.0921. The number of halogens is 4. The number of morpholine rings is 1. The zero-order valence-electron chi connectivity index (χ0n) is 25.9. The van der Waals surface area contributed by atoms with Gasteiger partial charge >= 0.3 is 6.18 Å². The number of alkyl halides is 3. The fraction of sp³-hybridized carbons (Fsp3) is 0.516. The zero-order valence-corrected chi connectivity index (χ0v) is 25.9. The van der Waals surface area contributed by atoms with Crippen LogP contribution in [0.4, 0.5) is 46.3 Å². The largest absolute Gasteiger partial charge is 0.435 e. The molecule has 0 saturated carbocycles. The zero-order chi connectivity index (χ0) is 31.9. The maximum atomic E-state index is 15.9. The number of pyridine rings is 1. The van der Waals surface area contributed by atoms with Crippen molar-refractivity contribution in [3.8, 4) is 11.1 Å². The van der Waals surface area contributed by atoms with Crippen LogP contribution in [0.1, 0.15) is 46.1 Å². The van der Waals surface area contributed by atoms with Gasteiger partial charge in [-0.2, -0.15) is 13.2 Å².